The molecular weight excluding hydrogens is 201 g/mol. The van der Waals surface area contributed by atoms with Crippen LogP contribution in [0.4, 0.5) is 18.0 Å². The lowest BCUT2D eigenvalue weighted by Gasteiger charge is -2.19. The van der Waals surface area contributed by atoms with E-state index in [0.717, 1.165) is 0 Å². The number of hydrogen-bond donors (Lipinski definition) is 1. The van der Waals surface area contributed by atoms with Gasteiger partial charge in [0.25, 0.3) is 0 Å². The Bertz CT molecular complexity index is 234. The van der Waals surface area contributed by atoms with Crippen molar-refractivity contribution in [3.63, 3.8) is 0 Å². The Morgan fingerprint density at radius 1 is 1.36 bits per heavy atom. The van der Waals surface area contributed by atoms with Crippen LogP contribution in [0.3, 0.4) is 0 Å². The van der Waals surface area contributed by atoms with E-state index in [9.17, 15) is 22.8 Å². The van der Waals surface area contributed by atoms with Gasteiger partial charge in [0.15, 0.2) is 0 Å². The highest BCUT2D eigenvalue weighted by molar-refractivity contribution is 5.95. The molecule has 0 aromatic carbocycles. The number of rotatable bonds is 1. The number of nitrogens with zero attached hydrogens (tertiary/aromatic N) is 1. The van der Waals surface area contributed by atoms with Gasteiger partial charge in [-0.15, -0.1) is 0 Å². The van der Waals surface area contributed by atoms with Gasteiger partial charge < -0.3 is 5.32 Å². The van der Waals surface area contributed by atoms with Gasteiger partial charge in [0, 0.05) is 13.0 Å². The molecule has 1 saturated heterocycles. The molecule has 4 nitrogen and oxygen atoms in total. The van der Waals surface area contributed by atoms with Crippen LogP contribution in [0, 0.1) is 0 Å². The highest BCUT2D eigenvalue weighted by Crippen LogP contribution is 2.18. The number of hydrogen-bond acceptors (Lipinski definition) is 2. The number of carbonyl (C=O) groups excluding carboxylic acids is 2. The van der Waals surface area contributed by atoms with E-state index in [1.54, 1.807) is 0 Å². The minimum absolute atomic E-state index is 0.0329. The molecule has 0 radical (unpaired) electrons. The van der Waals surface area contributed by atoms with Crippen LogP contribution < -0.4 is 5.32 Å². The molecule has 0 bridgehead atoms. The minimum atomic E-state index is -4.54. The lowest BCUT2D eigenvalue weighted by atomic mass is 10.3. The van der Waals surface area contributed by atoms with E-state index in [1.807, 2.05) is 0 Å². The molecule has 7 heteroatoms. The Kier molecular flexibility index (Phi) is 2.97. The number of carbonyl (C=O) groups is 2. The summed E-state index contributed by atoms with van der Waals surface area (Å²) in [4.78, 5) is 22.3. The van der Waals surface area contributed by atoms with Crippen molar-refractivity contribution >= 4 is 11.9 Å². The predicted octanol–water partition coefficient (Wildman–Crippen LogP) is 0.881. The van der Waals surface area contributed by atoms with Gasteiger partial charge in [-0.2, -0.15) is 13.2 Å². The highest BCUT2D eigenvalue weighted by atomic mass is 19.4. The van der Waals surface area contributed by atoms with Crippen molar-refractivity contribution in [1.82, 2.24) is 10.2 Å². The van der Waals surface area contributed by atoms with E-state index < -0.39 is 24.7 Å². The first kappa shape index (κ1) is 10.8. The van der Waals surface area contributed by atoms with E-state index >= 15 is 0 Å². The largest absolute Gasteiger partial charge is 0.406 e. The molecule has 0 saturated carbocycles. The molecule has 1 fully saturated rings. The van der Waals surface area contributed by atoms with Crippen LogP contribution in [0.15, 0.2) is 0 Å². The number of urea groups is 1. The van der Waals surface area contributed by atoms with E-state index in [2.05, 4.69) is 5.32 Å². The molecule has 0 unspecified atom stereocenters. The maximum Gasteiger partial charge on any atom is 0.406 e. The number of nitrogens with one attached hydrogen (secondary N) is 1. The second-order valence-electron chi connectivity index (χ2n) is 2.93. The fourth-order valence-electron chi connectivity index (χ4n) is 1.12. The first-order valence-corrected chi connectivity index (χ1v) is 4.05. The van der Waals surface area contributed by atoms with Gasteiger partial charge in [-0.05, 0) is 6.42 Å². The third kappa shape index (κ3) is 2.90. The maximum absolute atomic E-state index is 11.9. The van der Waals surface area contributed by atoms with Crippen LogP contribution in [0.25, 0.3) is 0 Å². The molecule has 0 aromatic heterocycles. The number of halogens is 3. The zero-order valence-electron chi connectivity index (χ0n) is 7.23. The van der Waals surface area contributed by atoms with Gasteiger partial charge in [-0.3, -0.25) is 9.69 Å². The Labute approximate surface area is 78.1 Å². The summed E-state index contributed by atoms with van der Waals surface area (Å²) in [6, 6.07) is -0.968. The van der Waals surface area contributed by atoms with Crippen molar-refractivity contribution in [2.45, 2.75) is 19.0 Å². The second-order valence-corrected chi connectivity index (χ2v) is 2.93. The van der Waals surface area contributed by atoms with Crippen LogP contribution in [0.2, 0.25) is 0 Å². The van der Waals surface area contributed by atoms with Gasteiger partial charge in [-0.1, -0.05) is 0 Å². The van der Waals surface area contributed by atoms with Crippen LogP contribution in [0.1, 0.15) is 12.8 Å². The Morgan fingerprint density at radius 3 is 2.57 bits per heavy atom. The van der Waals surface area contributed by atoms with Crippen LogP contribution in [-0.2, 0) is 4.79 Å². The van der Waals surface area contributed by atoms with E-state index in [-0.39, 0.29) is 17.9 Å². The average molecular weight is 210 g/mol. The highest BCUT2D eigenvalue weighted by Gasteiger charge is 2.36. The van der Waals surface area contributed by atoms with Gasteiger partial charge >= 0.3 is 12.2 Å². The van der Waals surface area contributed by atoms with E-state index in [1.165, 1.54) is 0 Å². The zero-order chi connectivity index (χ0) is 10.8. The molecule has 80 valence electrons. The number of imide groups is 1. The summed E-state index contributed by atoms with van der Waals surface area (Å²) in [5.41, 5.74) is 0. The summed E-state index contributed by atoms with van der Waals surface area (Å²) in [6.07, 6.45) is -4.20. The third-order valence-corrected chi connectivity index (χ3v) is 1.73. The standard InChI is InChI=1S/C7H9F3N2O2/c8-7(9,10)4-12-5(13)2-1-3-11-6(12)14/h1-4H2,(H,11,14). The Hall–Kier alpha value is -1.27. The fraction of sp³-hybridized carbons (Fsp3) is 0.714. The Balaban J connectivity index is 2.71. The summed E-state index contributed by atoms with van der Waals surface area (Å²) < 4.78 is 35.8. The third-order valence-electron chi connectivity index (χ3n) is 1.73. The Morgan fingerprint density at radius 2 is 2.00 bits per heavy atom. The first-order valence-electron chi connectivity index (χ1n) is 4.05. The monoisotopic (exact) mass is 210 g/mol. The quantitative estimate of drug-likeness (QED) is 0.698. The lowest BCUT2D eigenvalue weighted by molar-refractivity contribution is -0.154. The molecule has 0 atom stereocenters. The molecule has 1 N–H and O–H groups in total. The van der Waals surface area contributed by atoms with Crippen molar-refractivity contribution in [1.29, 1.82) is 0 Å². The normalized spacial score (nSPS) is 19.2. The number of amides is 3. The molecule has 0 aliphatic carbocycles. The summed E-state index contributed by atoms with van der Waals surface area (Å²) >= 11 is 0. The molecule has 0 spiro atoms. The molecular formula is C7H9F3N2O2. The van der Waals surface area contributed by atoms with Gasteiger partial charge in [0.1, 0.15) is 6.54 Å². The summed E-state index contributed by atoms with van der Waals surface area (Å²) in [6.45, 7) is -1.28. The zero-order valence-corrected chi connectivity index (χ0v) is 7.23. The molecule has 3 amide bonds. The van der Waals surface area contributed by atoms with Gasteiger partial charge in [0.2, 0.25) is 5.91 Å². The minimum Gasteiger partial charge on any atom is -0.338 e. The maximum atomic E-state index is 11.9. The first-order chi connectivity index (χ1) is 6.40. The van der Waals surface area contributed by atoms with Gasteiger partial charge in [-0.25, -0.2) is 4.79 Å². The van der Waals surface area contributed by atoms with E-state index in [0.29, 0.717) is 6.42 Å². The summed E-state index contributed by atoms with van der Waals surface area (Å²) in [7, 11) is 0. The molecule has 1 heterocycles. The number of alkyl halides is 3. The van der Waals surface area contributed by atoms with Crippen LogP contribution in [0.5, 0.6) is 0 Å². The molecule has 0 aromatic rings. The molecule has 14 heavy (non-hydrogen) atoms. The topological polar surface area (TPSA) is 49.4 Å². The molecule has 1 aliphatic heterocycles. The lowest BCUT2D eigenvalue weighted by Crippen LogP contribution is -2.46. The van der Waals surface area contributed by atoms with Crippen molar-refractivity contribution in [2.24, 2.45) is 0 Å². The van der Waals surface area contributed by atoms with Crippen molar-refractivity contribution < 1.29 is 22.8 Å². The SMILES string of the molecule is O=C1CCCNC(=O)N1CC(F)(F)F. The van der Waals surface area contributed by atoms with Gasteiger partial charge in [0.05, 0.1) is 0 Å². The van der Waals surface area contributed by atoms with Crippen molar-refractivity contribution in [3.8, 4) is 0 Å². The van der Waals surface area contributed by atoms with E-state index in [4.69, 9.17) is 0 Å². The second kappa shape index (κ2) is 3.85. The molecule has 1 rings (SSSR count). The molecule has 1 aliphatic rings. The summed E-state index contributed by atoms with van der Waals surface area (Å²) in [5, 5.41) is 2.21. The smallest absolute Gasteiger partial charge is 0.338 e. The average Bonchev–Trinajstić information content (AvgIpc) is 2.17. The van der Waals surface area contributed by atoms with Crippen molar-refractivity contribution in [3.05, 3.63) is 0 Å². The summed E-state index contributed by atoms with van der Waals surface area (Å²) in [5.74, 6) is -0.780. The van der Waals surface area contributed by atoms with Crippen LogP contribution >= 0.6 is 0 Å². The predicted molar refractivity (Wildman–Crippen MR) is 40.4 cm³/mol. The fourth-order valence-corrected chi connectivity index (χ4v) is 1.12. The van der Waals surface area contributed by atoms with Crippen LogP contribution in [-0.4, -0.2) is 36.1 Å². The van der Waals surface area contributed by atoms with Crippen molar-refractivity contribution in [2.75, 3.05) is 13.1 Å².